The number of amides is 2. The minimum Gasteiger partial charge on any atom is -0.396 e. The van der Waals surface area contributed by atoms with Crippen LogP contribution in [-0.2, 0) is 4.79 Å². The molecular formula is C16H24N2O3. The van der Waals surface area contributed by atoms with Crippen molar-refractivity contribution in [2.75, 3.05) is 19.7 Å². The number of aliphatic hydroxyl groups is 1. The summed E-state index contributed by atoms with van der Waals surface area (Å²) in [6.45, 7) is 2.76. The SMILES string of the molecule is Cc1ccc(C(=O)NCC(=O)NCCCCCCO)cc1. The molecule has 1 aromatic carbocycles. The summed E-state index contributed by atoms with van der Waals surface area (Å²) in [4.78, 5) is 23.3. The number of aliphatic hydroxyl groups excluding tert-OH is 1. The summed E-state index contributed by atoms with van der Waals surface area (Å²) in [7, 11) is 0. The highest BCUT2D eigenvalue weighted by molar-refractivity contribution is 5.96. The number of unbranched alkanes of at least 4 members (excludes halogenated alkanes) is 3. The Labute approximate surface area is 125 Å². The third-order valence-electron chi connectivity index (χ3n) is 3.13. The van der Waals surface area contributed by atoms with E-state index < -0.39 is 0 Å². The minimum atomic E-state index is -0.243. The van der Waals surface area contributed by atoms with Crippen LogP contribution in [0, 0.1) is 6.92 Å². The van der Waals surface area contributed by atoms with Gasteiger partial charge in [0.15, 0.2) is 0 Å². The zero-order valence-electron chi connectivity index (χ0n) is 12.5. The van der Waals surface area contributed by atoms with Gasteiger partial charge in [0.05, 0.1) is 6.54 Å². The second-order valence-corrected chi connectivity index (χ2v) is 5.04. The van der Waals surface area contributed by atoms with Gasteiger partial charge in [0, 0.05) is 18.7 Å². The van der Waals surface area contributed by atoms with E-state index in [1.165, 1.54) is 0 Å². The van der Waals surface area contributed by atoms with Gasteiger partial charge < -0.3 is 15.7 Å². The van der Waals surface area contributed by atoms with Crippen LogP contribution in [0.5, 0.6) is 0 Å². The molecule has 0 unspecified atom stereocenters. The number of aryl methyl sites for hydroxylation is 1. The van der Waals surface area contributed by atoms with Crippen molar-refractivity contribution in [3.05, 3.63) is 35.4 Å². The maximum Gasteiger partial charge on any atom is 0.251 e. The molecule has 3 N–H and O–H groups in total. The molecule has 0 fully saturated rings. The fourth-order valence-corrected chi connectivity index (χ4v) is 1.85. The summed E-state index contributed by atoms with van der Waals surface area (Å²) in [6.07, 6.45) is 3.64. The van der Waals surface area contributed by atoms with Crippen LogP contribution in [0.25, 0.3) is 0 Å². The van der Waals surface area contributed by atoms with Crippen molar-refractivity contribution in [3.63, 3.8) is 0 Å². The Morgan fingerprint density at radius 3 is 2.33 bits per heavy atom. The molecule has 0 aliphatic heterocycles. The molecule has 5 nitrogen and oxygen atoms in total. The van der Waals surface area contributed by atoms with Gasteiger partial charge in [0.1, 0.15) is 0 Å². The van der Waals surface area contributed by atoms with Crippen LogP contribution >= 0.6 is 0 Å². The predicted octanol–water partition coefficient (Wildman–Crippen LogP) is 1.39. The van der Waals surface area contributed by atoms with Gasteiger partial charge in [-0.1, -0.05) is 30.5 Å². The van der Waals surface area contributed by atoms with Crippen molar-refractivity contribution in [1.29, 1.82) is 0 Å². The average molecular weight is 292 g/mol. The number of nitrogens with one attached hydrogen (secondary N) is 2. The number of carbonyl (C=O) groups is 2. The number of benzene rings is 1. The van der Waals surface area contributed by atoms with Gasteiger partial charge in [-0.2, -0.15) is 0 Å². The zero-order chi connectivity index (χ0) is 15.5. The largest absolute Gasteiger partial charge is 0.396 e. The third kappa shape index (κ3) is 7.46. The van der Waals surface area contributed by atoms with E-state index in [4.69, 9.17) is 5.11 Å². The number of hydrogen-bond donors (Lipinski definition) is 3. The second-order valence-electron chi connectivity index (χ2n) is 5.04. The van der Waals surface area contributed by atoms with E-state index in [1.807, 2.05) is 19.1 Å². The molecule has 0 heterocycles. The molecule has 0 saturated heterocycles. The van der Waals surface area contributed by atoms with E-state index in [1.54, 1.807) is 12.1 Å². The molecule has 116 valence electrons. The van der Waals surface area contributed by atoms with Gasteiger partial charge in [0.2, 0.25) is 5.91 Å². The fraction of sp³-hybridized carbons (Fsp3) is 0.500. The Bertz CT molecular complexity index is 443. The van der Waals surface area contributed by atoms with Gasteiger partial charge in [-0.25, -0.2) is 0 Å². The topological polar surface area (TPSA) is 78.4 Å². The molecule has 0 aromatic heterocycles. The van der Waals surface area contributed by atoms with Crippen molar-refractivity contribution < 1.29 is 14.7 Å². The summed E-state index contributed by atoms with van der Waals surface area (Å²) in [5, 5.41) is 14.0. The lowest BCUT2D eigenvalue weighted by Gasteiger charge is -2.07. The molecular weight excluding hydrogens is 268 g/mol. The Hall–Kier alpha value is -1.88. The molecule has 0 radical (unpaired) electrons. The molecule has 21 heavy (non-hydrogen) atoms. The van der Waals surface area contributed by atoms with Gasteiger partial charge in [-0.15, -0.1) is 0 Å². The van der Waals surface area contributed by atoms with Crippen molar-refractivity contribution in [2.45, 2.75) is 32.6 Å². The average Bonchev–Trinajstić information content (AvgIpc) is 2.49. The van der Waals surface area contributed by atoms with Crippen molar-refractivity contribution in [1.82, 2.24) is 10.6 Å². The van der Waals surface area contributed by atoms with E-state index in [-0.39, 0.29) is 25.0 Å². The first-order chi connectivity index (χ1) is 10.1. The highest BCUT2D eigenvalue weighted by atomic mass is 16.3. The Kier molecular flexibility index (Phi) is 8.12. The van der Waals surface area contributed by atoms with Crippen molar-refractivity contribution in [2.24, 2.45) is 0 Å². The van der Waals surface area contributed by atoms with Crippen LogP contribution in [0.15, 0.2) is 24.3 Å². The first-order valence-electron chi connectivity index (χ1n) is 7.36. The molecule has 5 heteroatoms. The predicted molar refractivity (Wildman–Crippen MR) is 82.1 cm³/mol. The standard InChI is InChI=1S/C16H24N2O3/c1-13-6-8-14(9-7-13)16(21)18-12-15(20)17-10-4-2-3-5-11-19/h6-9,19H,2-5,10-12H2,1H3,(H,17,20)(H,18,21). The lowest BCUT2D eigenvalue weighted by Crippen LogP contribution is -2.37. The minimum absolute atomic E-state index is 0.0106. The summed E-state index contributed by atoms with van der Waals surface area (Å²) in [5.74, 6) is -0.425. The molecule has 2 amide bonds. The Balaban J connectivity index is 2.15. The maximum atomic E-state index is 11.8. The van der Waals surface area contributed by atoms with E-state index in [9.17, 15) is 9.59 Å². The van der Waals surface area contributed by atoms with Gasteiger partial charge >= 0.3 is 0 Å². The molecule has 0 aliphatic carbocycles. The zero-order valence-corrected chi connectivity index (χ0v) is 12.5. The molecule has 0 atom stereocenters. The number of carbonyl (C=O) groups excluding carboxylic acids is 2. The summed E-state index contributed by atoms with van der Waals surface area (Å²) < 4.78 is 0. The van der Waals surface area contributed by atoms with E-state index in [0.717, 1.165) is 31.2 Å². The molecule has 0 spiro atoms. The fourth-order valence-electron chi connectivity index (χ4n) is 1.85. The van der Waals surface area contributed by atoms with Crippen LogP contribution in [-0.4, -0.2) is 36.6 Å². The summed E-state index contributed by atoms with van der Waals surface area (Å²) >= 11 is 0. The molecule has 0 aliphatic rings. The Morgan fingerprint density at radius 2 is 1.67 bits per heavy atom. The van der Waals surface area contributed by atoms with Crippen LogP contribution < -0.4 is 10.6 Å². The Morgan fingerprint density at radius 1 is 1.00 bits per heavy atom. The van der Waals surface area contributed by atoms with Gasteiger partial charge in [0.25, 0.3) is 5.91 Å². The van der Waals surface area contributed by atoms with Crippen molar-refractivity contribution in [3.8, 4) is 0 Å². The normalized spacial score (nSPS) is 10.2. The molecule has 0 bridgehead atoms. The monoisotopic (exact) mass is 292 g/mol. The highest BCUT2D eigenvalue weighted by Crippen LogP contribution is 2.02. The highest BCUT2D eigenvalue weighted by Gasteiger charge is 2.07. The smallest absolute Gasteiger partial charge is 0.251 e. The van der Waals surface area contributed by atoms with Gasteiger partial charge in [-0.3, -0.25) is 9.59 Å². The first-order valence-corrected chi connectivity index (χ1v) is 7.36. The lowest BCUT2D eigenvalue weighted by atomic mass is 10.1. The van der Waals surface area contributed by atoms with E-state index in [0.29, 0.717) is 12.1 Å². The molecule has 1 rings (SSSR count). The summed E-state index contributed by atoms with van der Waals surface area (Å²) in [6, 6.07) is 7.20. The number of rotatable bonds is 9. The summed E-state index contributed by atoms with van der Waals surface area (Å²) in [5.41, 5.74) is 1.64. The van der Waals surface area contributed by atoms with Crippen LogP contribution in [0.1, 0.15) is 41.6 Å². The van der Waals surface area contributed by atoms with E-state index >= 15 is 0 Å². The maximum absolute atomic E-state index is 11.8. The van der Waals surface area contributed by atoms with Gasteiger partial charge in [-0.05, 0) is 31.9 Å². The quantitative estimate of drug-likeness (QED) is 0.602. The van der Waals surface area contributed by atoms with Crippen LogP contribution in [0.4, 0.5) is 0 Å². The van der Waals surface area contributed by atoms with E-state index in [2.05, 4.69) is 10.6 Å². The number of hydrogen-bond acceptors (Lipinski definition) is 3. The van der Waals surface area contributed by atoms with Crippen LogP contribution in [0.2, 0.25) is 0 Å². The molecule has 1 aromatic rings. The van der Waals surface area contributed by atoms with Crippen molar-refractivity contribution >= 4 is 11.8 Å². The first kappa shape index (κ1) is 17.2. The second kappa shape index (κ2) is 9.94. The lowest BCUT2D eigenvalue weighted by molar-refractivity contribution is -0.120. The van der Waals surface area contributed by atoms with Crippen LogP contribution in [0.3, 0.4) is 0 Å². The third-order valence-corrected chi connectivity index (χ3v) is 3.13. The molecule has 0 saturated carbocycles.